The molecule has 0 bridgehead atoms. The molecule has 0 unspecified atom stereocenters. The van der Waals surface area contributed by atoms with Crippen LogP contribution in [0.3, 0.4) is 0 Å². The van der Waals surface area contributed by atoms with Gasteiger partial charge in [0.1, 0.15) is 5.82 Å². The van der Waals surface area contributed by atoms with E-state index in [1.165, 1.54) is 0 Å². The predicted octanol–water partition coefficient (Wildman–Crippen LogP) is 3.31. The third-order valence-electron chi connectivity index (χ3n) is 2.72. The number of hydrogen-bond acceptors (Lipinski definition) is 2. The monoisotopic (exact) mass is 249 g/mol. The summed E-state index contributed by atoms with van der Waals surface area (Å²) in [4.78, 5) is 7.65. The van der Waals surface area contributed by atoms with Crippen LogP contribution < -0.4 is 5.73 Å². The molecule has 0 aliphatic carbocycles. The number of aromatic amines is 1. The van der Waals surface area contributed by atoms with Crippen LogP contribution in [0.1, 0.15) is 31.2 Å². The van der Waals surface area contributed by atoms with E-state index >= 15 is 0 Å². The van der Waals surface area contributed by atoms with Crippen LogP contribution in [0.2, 0.25) is 5.02 Å². The van der Waals surface area contributed by atoms with E-state index < -0.39 is 0 Å². The van der Waals surface area contributed by atoms with E-state index in [9.17, 15) is 0 Å². The van der Waals surface area contributed by atoms with Crippen molar-refractivity contribution in [3.8, 4) is 11.3 Å². The van der Waals surface area contributed by atoms with Crippen LogP contribution in [0.5, 0.6) is 0 Å². The van der Waals surface area contributed by atoms with Gasteiger partial charge < -0.3 is 10.7 Å². The normalized spacial score (nSPS) is 11.1. The summed E-state index contributed by atoms with van der Waals surface area (Å²) in [6, 6.07) is 5.84. The highest BCUT2D eigenvalue weighted by molar-refractivity contribution is 6.31. The van der Waals surface area contributed by atoms with Gasteiger partial charge in [0.25, 0.3) is 0 Å². The zero-order chi connectivity index (χ0) is 12.4. The Morgan fingerprint density at radius 3 is 2.76 bits per heavy atom. The number of nitrogens with zero attached hydrogens (tertiary/aromatic N) is 1. The van der Waals surface area contributed by atoms with Crippen LogP contribution in [0.4, 0.5) is 0 Å². The van der Waals surface area contributed by atoms with Gasteiger partial charge in [-0.1, -0.05) is 31.5 Å². The lowest BCUT2D eigenvalue weighted by atomic mass is 10.1. The van der Waals surface area contributed by atoms with Crippen molar-refractivity contribution in [3.63, 3.8) is 0 Å². The maximum atomic E-state index is 6.03. The van der Waals surface area contributed by atoms with Crippen LogP contribution in [-0.2, 0) is 6.54 Å². The Labute approximate surface area is 106 Å². The average molecular weight is 250 g/mol. The zero-order valence-corrected chi connectivity index (χ0v) is 10.8. The minimum Gasteiger partial charge on any atom is -0.342 e. The van der Waals surface area contributed by atoms with Gasteiger partial charge in [-0.3, -0.25) is 0 Å². The van der Waals surface area contributed by atoms with Crippen molar-refractivity contribution in [2.75, 3.05) is 0 Å². The average Bonchev–Trinajstić information content (AvgIpc) is 2.79. The minimum absolute atomic E-state index is 0.394. The van der Waals surface area contributed by atoms with Crippen molar-refractivity contribution >= 4 is 11.6 Å². The Hall–Kier alpha value is -1.32. The molecule has 0 aliphatic rings. The second-order valence-corrected chi connectivity index (χ2v) is 4.75. The highest BCUT2D eigenvalue weighted by atomic mass is 35.5. The first kappa shape index (κ1) is 12.1. The van der Waals surface area contributed by atoms with Crippen LogP contribution in [0.25, 0.3) is 11.3 Å². The van der Waals surface area contributed by atoms with Crippen LogP contribution in [0.15, 0.2) is 24.4 Å². The summed E-state index contributed by atoms with van der Waals surface area (Å²) in [5, 5.41) is 0.708. The Balaban J connectivity index is 2.38. The molecule has 3 N–H and O–H groups in total. The van der Waals surface area contributed by atoms with Gasteiger partial charge in [0.15, 0.2) is 0 Å². The van der Waals surface area contributed by atoms with E-state index in [1.54, 1.807) is 0 Å². The smallest absolute Gasteiger partial charge is 0.109 e. The fourth-order valence-electron chi connectivity index (χ4n) is 1.68. The van der Waals surface area contributed by atoms with E-state index in [1.807, 2.05) is 24.4 Å². The molecule has 0 radical (unpaired) electrons. The van der Waals surface area contributed by atoms with Crippen molar-refractivity contribution in [2.24, 2.45) is 5.73 Å². The Morgan fingerprint density at radius 1 is 1.41 bits per heavy atom. The van der Waals surface area contributed by atoms with Gasteiger partial charge in [-0.25, -0.2) is 4.98 Å². The molecule has 0 fully saturated rings. The third-order valence-corrected chi connectivity index (χ3v) is 3.09. The summed E-state index contributed by atoms with van der Waals surface area (Å²) < 4.78 is 0. The third kappa shape index (κ3) is 2.51. The Morgan fingerprint density at radius 2 is 2.18 bits per heavy atom. The van der Waals surface area contributed by atoms with E-state index in [0.29, 0.717) is 17.5 Å². The highest BCUT2D eigenvalue weighted by Crippen LogP contribution is 2.24. The molecule has 0 amide bonds. The summed E-state index contributed by atoms with van der Waals surface area (Å²) in [6.45, 7) is 4.66. The summed E-state index contributed by atoms with van der Waals surface area (Å²) >= 11 is 6.03. The van der Waals surface area contributed by atoms with Crippen molar-refractivity contribution in [1.29, 1.82) is 0 Å². The van der Waals surface area contributed by atoms with Gasteiger partial charge in [-0.15, -0.1) is 0 Å². The summed E-state index contributed by atoms with van der Waals surface area (Å²) in [5.74, 6) is 1.38. The van der Waals surface area contributed by atoms with Gasteiger partial charge in [-0.05, 0) is 23.3 Å². The fourth-order valence-corrected chi connectivity index (χ4v) is 1.87. The molecule has 2 aromatic rings. The summed E-state index contributed by atoms with van der Waals surface area (Å²) in [6.07, 6.45) is 1.85. The number of aromatic nitrogens is 2. The van der Waals surface area contributed by atoms with Gasteiger partial charge in [0, 0.05) is 17.5 Å². The summed E-state index contributed by atoms with van der Waals surface area (Å²) in [7, 11) is 0. The van der Waals surface area contributed by atoms with E-state index in [-0.39, 0.29) is 0 Å². The van der Waals surface area contributed by atoms with Gasteiger partial charge >= 0.3 is 0 Å². The standard InChI is InChI=1S/C13H16ClN3/c1-8(2)13-16-7-12(17-13)9-3-4-11(14)10(5-9)6-15/h3-5,7-8H,6,15H2,1-2H3,(H,16,17). The molecule has 0 spiro atoms. The number of hydrogen-bond donors (Lipinski definition) is 2. The Kier molecular flexibility index (Phi) is 3.50. The molecule has 4 heteroatoms. The lowest BCUT2D eigenvalue weighted by molar-refractivity contribution is 0.795. The lowest BCUT2D eigenvalue weighted by Gasteiger charge is -2.04. The molecular formula is C13H16ClN3. The van der Waals surface area contributed by atoms with E-state index in [4.69, 9.17) is 17.3 Å². The van der Waals surface area contributed by atoms with E-state index in [0.717, 1.165) is 22.6 Å². The van der Waals surface area contributed by atoms with Crippen LogP contribution in [-0.4, -0.2) is 9.97 Å². The van der Waals surface area contributed by atoms with E-state index in [2.05, 4.69) is 23.8 Å². The zero-order valence-electron chi connectivity index (χ0n) is 10.00. The second kappa shape index (κ2) is 4.90. The first-order valence-corrected chi connectivity index (χ1v) is 6.03. The number of benzene rings is 1. The van der Waals surface area contributed by atoms with Gasteiger partial charge in [-0.2, -0.15) is 0 Å². The molecule has 90 valence electrons. The minimum atomic E-state index is 0.394. The maximum absolute atomic E-state index is 6.03. The summed E-state index contributed by atoms with van der Waals surface area (Å²) in [5.41, 5.74) is 8.65. The molecule has 0 atom stereocenters. The predicted molar refractivity (Wildman–Crippen MR) is 71.0 cm³/mol. The molecule has 0 saturated heterocycles. The van der Waals surface area contributed by atoms with Crippen molar-refractivity contribution in [3.05, 3.63) is 40.8 Å². The van der Waals surface area contributed by atoms with Crippen LogP contribution >= 0.6 is 11.6 Å². The number of rotatable bonds is 3. The molecule has 17 heavy (non-hydrogen) atoms. The lowest BCUT2D eigenvalue weighted by Crippen LogP contribution is -1.97. The number of halogens is 1. The Bertz CT molecular complexity index is 517. The fraction of sp³-hybridized carbons (Fsp3) is 0.308. The number of H-pyrrole nitrogens is 1. The van der Waals surface area contributed by atoms with Crippen molar-refractivity contribution in [1.82, 2.24) is 9.97 Å². The molecule has 0 aliphatic heterocycles. The highest BCUT2D eigenvalue weighted by Gasteiger charge is 2.07. The maximum Gasteiger partial charge on any atom is 0.109 e. The van der Waals surface area contributed by atoms with Crippen molar-refractivity contribution < 1.29 is 0 Å². The molecule has 2 rings (SSSR count). The van der Waals surface area contributed by atoms with Gasteiger partial charge in [0.2, 0.25) is 0 Å². The largest absolute Gasteiger partial charge is 0.342 e. The molecule has 1 aromatic carbocycles. The van der Waals surface area contributed by atoms with Crippen LogP contribution in [0, 0.1) is 0 Å². The van der Waals surface area contributed by atoms with Crippen molar-refractivity contribution in [2.45, 2.75) is 26.3 Å². The molecule has 1 aromatic heterocycles. The molecule has 3 nitrogen and oxygen atoms in total. The number of nitrogens with two attached hydrogens (primary N) is 1. The number of nitrogens with one attached hydrogen (secondary N) is 1. The first-order chi connectivity index (χ1) is 8.11. The van der Waals surface area contributed by atoms with Gasteiger partial charge in [0.05, 0.1) is 11.9 Å². The number of imidazole rings is 1. The molecule has 0 saturated carbocycles. The quantitative estimate of drug-likeness (QED) is 0.877. The topological polar surface area (TPSA) is 54.7 Å². The molecular weight excluding hydrogens is 234 g/mol. The SMILES string of the molecule is CC(C)c1ncc(-c2ccc(Cl)c(CN)c2)[nH]1. The first-order valence-electron chi connectivity index (χ1n) is 5.65. The molecule has 1 heterocycles. The second-order valence-electron chi connectivity index (χ2n) is 4.35.